The van der Waals surface area contributed by atoms with Crippen molar-refractivity contribution in [2.45, 2.75) is 120 Å². The van der Waals surface area contributed by atoms with Gasteiger partial charge in [0.05, 0.1) is 24.0 Å². The number of carbonyl (C=O) groups excluding carboxylic acids is 4. The zero-order valence-electron chi connectivity index (χ0n) is 29.3. The zero-order valence-corrected chi connectivity index (χ0v) is 29.3. The second-order valence-electron chi connectivity index (χ2n) is 14.3. The van der Waals surface area contributed by atoms with Crippen molar-refractivity contribution in [1.82, 2.24) is 14.7 Å². The minimum absolute atomic E-state index is 0.0619. The van der Waals surface area contributed by atoms with Crippen LogP contribution >= 0.6 is 0 Å². The number of likely N-dealkylation sites (tertiary alicyclic amines) is 1. The summed E-state index contributed by atoms with van der Waals surface area (Å²) in [7, 11) is 1.71. The highest BCUT2D eigenvalue weighted by Crippen LogP contribution is 2.59. The van der Waals surface area contributed by atoms with Crippen molar-refractivity contribution in [2.75, 3.05) is 26.7 Å². The molecule has 10 heteroatoms. The molecule has 1 aliphatic carbocycles. The van der Waals surface area contributed by atoms with Gasteiger partial charge in [-0.15, -0.1) is 13.2 Å². The fraction of sp³-hybridized carbons (Fsp3) is 0.641. The molecule has 268 valence electrons. The predicted octanol–water partition coefficient (Wildman–Crippen LogP) is 4.97. The summed E-state index contributed by atoms with van der Waals surface area (Å²) in [5, 5.41) is 9.39. The first-order valence-corrected chi connectivity index (χ1v) is 18.3. The number of allylic oxidation sites excluding steroid dienone is 1. The Morgan fingerprint density at radius 2 is 1.82 bits per heavy atom. The molecule has 2 bridgehead atoms. The number of benzene rings is 1. The third-order valence-corrected chi connectivity index (χ3v) is 11.4. The summed E-state index contributed by atoms with van der Waals surface area (Å²) in [5.41, 5.74) is -0.381. The number of amides is 3. The van der Waals surface area contributed by atoms with E-state index in [-0.39, 0.29) is 30.4 Å². The number of ether oxygens (including phenoxy) is 2. The van der Waals surface area contributed by atoms with Crippen LogP contribution in [0.25, 0.3) is 0 Å². The van der Waals surface area contributed by atoms with Crippen LogP contribution < -0.4 is 0 Å². The minimum Gasteiger partial charge on any atom is -0.455 e. The van der Waals surface area contributed by atoms with Crippen molar-refractivity contribution >= 4 is 23.7 Å². The number of fused-ring (bicyclic) bond motifs is 1. The summed E-state index contributed by atoms with van der Waals surface area (Å²) in [6.45, 7) is 10.3. The monoisotopic (exact) mass is 677 g/mol. The van der Waals surface area contributed by atoms with Crippen LogP contribution in [-0.4, -0.2) is 100 Å². The van der Waals surface area contributed by atoms with Crippen molar-refractivity contribution in [3.63, 3.8) is 0 Å². The maximum absolute atomic E-state index is 14.8. The number of unbranched alkanes of at least 4 members (excludes halogenated alkanes) is 2. The Morgan fingerprint density at radius 3 is 2.49 bits per heavy atom. The molecule has 0 unspecified atom stereocenters. The molecule has 3 amide bonds. The van der Waals surface area contributed by atoms with Crippen LogP contribution in [0.3, 0.4) is 0 Å². The van der Waals surface area contributed by atoms with E-state index in [4.69, 9.17) is 9.47 Å². The molecular weight excluding hydrogens is 622 g/mol. The third kappa shape index (κ3) is 7.36. The van der Waals surface area contributed by atoms with Crippen LogP contribution in [0.4, 0.5) is 0 Å². The number of likely N-dealkylation sites (N-methyl/N-ethyl adjacent to an activating group) is 1. The molecule has 49 heavy (non-hydrogen) atoms. The Hall–Kier alpha value is -3.50. The highest BCUT2D eigenvalue weighted by Gasteiger charge is 2.75. The van der Waals surface area contributed by atoms with E-state index < -0.39 is 47.7 Å². The van der Waals surface area contributed by atoms with E-state index in [1.165, 1.54) is 0 Å². The van der Waals surface area contributed by atoms with Crippen molar-refractivity contribution in [1.29, 1.82) is 0 Å². The van der Waals surface area contributed by atoms with Crippen LogP contribution in [0, 0.1) is 11.8 Å². The molecule has 10 nitrogen and oxygen atoms in total. The van der Waals surface area contributed by atoms with Gasteiger partial charge in [-0.05, 0) is 63.9 Å². The van der Waals surface area contributed by atoms with E-state index in [9.17, 15) is 24.3 Å². The summed E-state index contributed by atoms with van der Waals surface area (Å²) in [4.78, 5) is 61.9. The number of rotatable bonds is 17. The molecule has 0 aromatic heterocycles. The lowest BCUT2D eigenvalue weighted by molar-refractivity contribution is -0.164. The topological polar surface area (TPSA) is 117 Å². The lowest BCUT2D eigenvalue weighted by atomic mass is 9.70. The standard InChI is InChI=1S/C39H55N3O7/c1-5-7-21-31(44)40(4)27(3)34(28-17-11-8-12-18-28)48-38(47)32-30-22-23-39(49-30)33(32)36(45)42(25-15-10-16-26-43)35(39)37(46)41(24-6-2)29-19-13-9-14-20-29/h5-6,8,11-12,17-18,27,29-30,32-35,43H,1-2,7,9-10,13-16,19-26H2,3-4H3/t27-,30+,32-,33-,34+,35+,39-/m0/s1. The lowest BCUT2D eigenvalue weighted by Crippen LogP contribution is -2.58. The maximum Gasteiger partial charge on any atom is 0.313 e. The molecular formula is C39H55N3O7. The molecule has 1 saturated carbocycles. The second kappa shape index (κ2) is 16.5. The van der Waals surface area contributed by atoms with Crippen LogP contribution in [0.2, 0.25) is 0 Å². The first kappa shape index (κ1) is 36.8. The first-order chi connectivity index (χ1) is 23.7. The normalized spacial score (nSPS) is 27.3. The maximum atomic E-state index is 14.8. The largest absolute Gasteiger partial charge is 0.455 e. The Balaban J connectivity index is 1.45. The SMILES string of the molecule is C=CCCC(=O)N(C)[C@@H](C)[C@@H](OC(=O)[C@@H]1[C@H]2C(=O)N(CCCCCO)[C@H](C(=O)N(CC=C)C3CCCCC3)[C@]23CC[C@H]1O3)c1ccccc1. The molecule has 4 fully saturated rings. The molecule has 1 N–H and O–H groups in total. The Kier molecular flexibility index (Phi) is 12.4. The van der Waals surface area contributed by atoms with Gasteiger partial charge in [-0.2, -0.15) is 0 Å². The molecule has 3 heterocycles. The number of esters is 1. The Labute approximate surface area is 291 Å². The molecule has 7 atom stereocenters. The van der Waals surface area contributed by atoms with Crippen LogP contribution in [0.15, 0.2) is 55.6 Å². The molecule has 5 rings (SSSR count). The summed E-state index contributed by atoms with van der Waals surface area (Å²) in [5.74, 6) is -2.72. The van der Waals surface area contributed by atoms with E-state index in [0.29, 0.717) is 58.0 Å². The third-order valence-electron chi connectivity index (χ3n) is 11.4. The molecule has 1 aromatic carbocycles. The van der Waals surface area contributed by atoms with Gasteiger partial charge in [-0.1, -0.05) is 61.7 Å². The molecule has 1 spiro atoms. The lowest BCUT2D eigenvalue weighted by Gasteiger charge is -2.40. The van der Waals surface area contributed by atoms with Gasteiger partial charge in [-0.25, -0.2) is 0 Å². The van der Waals surface area contributed by atoms with Crippen molar-refractivity contribution in [2.24, 2.45) is 11.8 Å². The highest BCUT2D eigenvalue weighted by atomic mass is 16.6. The quantitative estimate of drug-likeness (QED) is 0.141. The van der Waals surface area contributed by atoms with Gasteiger partial charge >= 0.3 is 5.97 Å². The van der Waals surface area contributed by atoms with Gasteiger partial charge < -0.3 is 29.3 Å². The summed E-state index contributed by atoms with van der Waals surface area (Å²) < 4.78 is 13.1. The Morgan fingerprint density at radius 1 is 1.08 bits per heavy atom. The molecule has 3 aliphatic heterocycles. The first-order valence-electron chi connectivity index (χ1n) is 18.3. The number of aliphatic hydroxyl groups excluding tert-OH is 1. The second-order valence-corrected chi connectivity index (χ2v) is 14.3. The molecule has 4 aliphatic rings. The van der Waals surface area contributed by atoms with E-state index in [0.717, 1.165) is 37.7 Å². The number of hydrogen-bond donors (Lipinski definition) is 1. The average molecular weight is 678 g/mol. The number of aliphatic hydroxyl groups is 1. The fourth-order valence-electron chi connectivity index (χ4n) is 8.74. The van der Waals surface area contributed by atoms with Gasteiger partial charge in [0.15, 0.2) is 0 Å². The number of nitrogens with zero attached hydrogens (tertiary/aromatic N) is 3. The summed E-state index contributed by atoms with van der Waals surface area (Å²) in [6, 6.07) is 8.09. The summed E-state index contributed by atoms with van der Waals surface area (Å²) in [6.07, 6.45) is 11.0. The fourth-order valence-corrected chi connectivity index (χ4v) is 8.74. The van der Waals surface area contributed by atoms with E-state index in [2.05, 4.69) is 13.2 Å². The number of hydrogen-bond acceptors (Lipinski definition) is 7. The van der Waals surface area contributed by atoms with E-state index >= 15 is 0 Å². The van der Waals surface area contributed by atoms with Crippen LogP contribution in [0.1, 0.15) is 95.6 Å². The van der Waals surface area contributed by atoms with E-state index in [1.54, 1.807) is 29.0 Å². The molecule has 1 aromatic rings. The smallest absolute Gasteiger partial charge is 0.313 e. The molecule has 0 radical (unpaired) electrons. The highest BCUT2D eigenvalue weighted by molar-refractivity contribution is 5.98. The van der Waals surface area contributed by atoms with Crippen molar-refractivity contribution in [3.05, 3.63) is 61.2 Å². The average Bonchev–Trinajstić information content (AvgIpc) is 3.77. The van der Waals surface area contributed by atoms with Crippen LogP contribution in [-0.2, 0) is 28.7 Å². The predicted molar refractivity (Wildman–Crippen MR) is 186 cm³/mol. The van der Waals surface area contributed by atoms with Crippen molar-refractivity contribution < 1.29 is 33.8 Å². The van der Waals surface area contributed by atoms with Gasteiger partial charge in [0.1, 0.15) is 17.7 Å². The van der Waals surface area contributed by atoms with Gasteiger partial charge in [0.2, 0.25) is 17.7 Å². The zero-order chi connectivity index (χ0) is 35.1. The molecule has 3 saturated heterocycles. The van der Waals surface area contributed by atoms with E-state index in [1.807, 2.05) is 42.2 Å². The Bertz CT molecular complexity index is 1350. The van der Waals surface area contributed by atoms with Gasteiger partial charge in [0.25, 0.3) is 0 Å². The summed E-state index contributed by atoms with van der Waals surface area (Å²) >= 11 is 0. The van der Waals surface area contributed by atoms with Gasteiger partial charge in [0, 0.05) is 39.2 Å². The van der Waals surface area contributed by atoms with Crippen molar-refractivity contribution in [3.8, 4) is 0 Å². The van der Waals surface area contributed by atoms with Crippen LogP contribution in [0.5, 0.6) is 0 Å². The number of carbonyl (C=O) groups is 4. The minimum atomic E-state index is -1.13. The van der Waals surface area contributed by atoms with Gasteiger partial charge in [-0.3, -0.25) is 19.2 Å².